The summed E-state index contributed by atoms with van der Waals surface area (Å²) in [5, 5.41) is 0. The number of rotatable bonds is 0. The molecule has 0 spiro atoms. The van der Waals surface area contributed by atoms with Crippen molar-refractivity contribution < 1.29 is 9.53 Å². The predicted octanol–water partition coefficient (Wildman–Crippen LogP) is 3.40. The highest BCUT2D eigenvalue weighted by Crippen LogP contribution is 2.57. The topological polar surface area (TPSA) is 26.3 Å². The molecule has 1 heterocycles. The first-order valence-corrected chi connectivity index (χ1v) is 7.22. The Bertz CT molecular complexity index is 338. The lowest BCUT2D eigenvalue weighted by Crippen LogP contribution is -2.46. The van der Waals surface area contributed by atoms with Crippen molar-refractivity contribution in [1.29, 1.82) is 0 Å². The SMILES string of the molecule is C[C@@H]1CCC[C@]2(C)C[C@@H]3OC(=O)[C@@H](C)[C@H]3C[C@@H]12. The first-order chi connectivity index (χ1) is 8.01. The molecule has 0 N–H and O–H groups in total. The molecular formula is C15H24O2. The predicted molar refractivity (Wildman–Crippen MR) is 66.4 cm³/mol. The minimum Gasteiger partial charge on any atom is -0.462 e. The van der Waals surface area contributed by atoms with Gasteiger partial charge in [0.25, 0.3) is 0 Å². The Balaban J connectivity index is 1.86. The summed E-state index contributed by atoms with van der Waals surface area (Å²) in [5.74, 6) is 2.33. The first-order valence-electron chi connectivity index (χ1n) is 7.22. The largest absolute Gasteiger partial charge is 0.462 e. The van der Waals surface area contributed by atoms with Gasteiger partial charge in [-0.1, -0.05) is 33.6 Å². The fourth-order valence-electron chi connectivity index (χ4n) is 4.81. The number of carbonyl (C=O) groups is 1. The lowest BCUT2D eigenvalue weighted by Gasteiger charge is -2.51. The van der Waals surface area contributed by atoms with Gasteiger partial charge in [0.1, 0.15) is 6.10 Å². The highest BCUT2D eigenvalue weighted by Gasteiger charge is 2.54. The molecule has 2 heteroatoms. The average molecular weight is 236 g/mol. The molecule has 2 aliphatic carbocycles. The molecule has 0 bridgehead atoms. The normalized spacial score (nSPS) is 53.8. The van der Waals surface area contributed by atoms with Crippen LogP contribution < -0.4 is 0 Å². The van der Waals surface area contributed by atoms with E-state index in [0.717, 1.165) is 18.3 Å². The third-order valence-electron chi connectivity index (χ3n) is 5.94. The van der Waals surface area contributed by atoms with Crippen LogP contribution >= 0.6 is 0 Å². The second-order valence-corrected chi connectivity index (χ2v) is 7.00. The van der Waals surface area contributed by atoms with Crippen LogP contribution in [0.3, 0.4) is 0 Å². The van der Waals surface area contributed by atoms with E-state index < -0.39 is 0 Å². The fraction of sp³-hybridized carbons (Fsp3) is 0.933. The van der Waals surface area contributed by atoms with Crippen molar-refractivity contribution in [2.45, 2.75) is 59.0 Å². The maximum absolute atomic E-state index is 11.7. The highest BCUT2D eigenvalue weighted by atomic mass is 16.6. The van der Waals surface area contributed by atoms with Gasteiger partial charge in [-0.15, -0.1) is 0 Å². The van der Waals surface area contributed by atoms with Crippen molar-refractivity contribution in [3.05, 3.63) is 0 Å². The summed E-state index contributed by atoms with van der Waals surface area (Å²) in [4.78, 5) is 11.7. The molecule has 17 heavy (non-hydrogen) atoms. The molecule has 2 saturated carbocycles. The minimum absolute atomic E-state index is 0.0508. The van der Waals surface area contributed by atoms with E-state index >= 15 is 0 Å². The van der Waals surface area contributed by atoms with Gasteiger partial charge in [-0.25, -0.2) is 0 Å². The van der Waals surface area contributed by atoms with Crippen LogP contribution in [0.4, 0.5) is 0 Å². The molecular weight excluding hydrogens is 212 g/mol. The Morgan fingerprint density at radius 3 is 2.88 bits per heavy atom. The molecule has 6 atom stereocenters. The molecule has 3 aliphatic rings. The monoisotopic (exact) mass is 236 g/mol. The Kier molecular flexibility index (Phi) is 2.53. The smallest absolute Gasteiger partial charge is 0.309 e. The molecule has 0 aromatic heterocycles. The molecule has 0 unspecified atom stereocenters. The van der Waals surface area contributed by atoms with Gasteiger partial charge < -0.3 is 4.74 Å². The maximum atomic E-state index is 11.7. The lowest BCUT2D eigenvalue weighted by atomic mass is 9.54. The van der Waals surface area contributed by atoms with E-state index in [0.29, 0.717) is 11.3 Å². The van der Waals surface area contributed by atoms with Crippen LogP contribution in [0.5, 0.6) is 0 Å². The van der Waals surface area contributed by atoms with Crippen LogP contribution in [0.15, 0.2) is 0 Å². The Morgan fingerprint density at radius 2 is 2.12 bits per heavy atom. The average Bonchev–Trinajstić information content (AvgIpc) is 2.52. The van der Waals surface area contributed by atoms with Crippen molar-refractivity contribution in [3.63, 3.8) is 0 Å². The molecule has 0 radical (unpaired) electrons. The zero-order valence-corrected chi connectivity index (χ0v) is 11.2. The van der Waals surface area contributed by atoms with Crippen molar-refractivity contribution in [2.75, 3.05) is 0 Å². The molecule has 96 valence electrons. The maximum Gasteiger partial charge on any atom is 0.309 e. The molecule has 2 nitrogen and oxygen atoms in total. The van der Waals surface area contributed by atoms with Crippen LogP contribution in [0.25, 0.3) is 0 Å². The molecule has 3 rings (SSSR count). The zero-order valence-electron chi connectivity index (χ0n) is 11.2. The van der Waals surface area contributed by atoms with Gasteiger partial charge in [0.05, 0.1) is 5.92 Å². The number of hydrogen-bond acceptors (Lipinski definition) is 2. The summed E-state index contributed by atoms with van der Waals surface area (Å²) < 4.78 is 5.59. The molecule has 0 aromatic carbocycles. The number of carbonyl (C=O) groups excluding carboxylic acids is 1. The minimum atomic E-state index is 0.0508. The first kappa shape index (κ1) is 11.6. The standard InChI is InChI=1S/C15H24O2/c1-9-5-4-6-15(3)8-13-11(7-12(9)15)10(2)14(16)17-13/h9-13H,4-8H2,1-3H3/t9-,10+,11-,12+,13+,15-/m1/s1. The second-order valence-electron chi connectivity index (χ2n) is 7.00. The van der Waals surface area contributed by atoms with Crippen molar-refractivity contribution in [1.82, 2.24) is 0 Å². The van der Waals surface area contributed by atoms with Gasteiger partial charge in [0.2, 0.25) is 0 Å². The van der Waals surface area contributed by atoms with E-state index in [2.05, 4.69) is 20.8 Å². The summed E-state index contributed by atoms with van der Waals surface area (Å²) in [6, 6.07) is 0. The number of esters is 1. The Labute approximate surface area is 104 Å². The third kappa shape index (κ3) is 1.63. The zero-order chi connectivity index (χ0) is 12.2. The second kappa shape index (κ2) is 3.73. The lowest BCUT2D eigenvalue weighted by molar-refractivity contribution is -0.146. The molecule has 0 aromatic rings. The van der Waals surface area contributed by atoms with Crippen LogP contribution in [0.1, 0.15) is 52.9 Å². The summed E-state index contributed by atoms with van der Waals surface area (Å²) in [6.07, 6.45) is 6.62. The Hall–Kier alpha value is -0.530. The van der Waals surface area contributed by atoms with E-state index in [4.69, 9.17) is 4.74 Å². The van der Waals surface area contributed by atoms with Crippen LogP contribution in [-0.4, -0.2) is 12.1 Å². The number of ether oxygens (including phenoxy) is 1. The Morgan fingerprint density at radius 1 is 1.35 bits per heavy atom. The van der Waals surface area contributed by atoms with Crippen molar-refractivity contribution in [2.24, 2.45) is 29.1 Å². The van der Waals surface area contributed by atoms with Crippen LogP contribution in [0.2, 0.25) is 0 Å². The fourth-order valence-corrected chi connectivity index (χ4v) is 4.81. The van der Waals surface area contributed by atoms with Gasteiger partial charge in [-0.05, 0) is 36.5 Å². The van der Waals surface area contributed by atoms with Gasteiger partial charge in [0.15, 0.2) is 0 Å². The highest BCUT2D eigenvalue weighted by molar-refractivity contribution is 5.74. The summed E-state index contributed by atoms with van der Waals surface area (Å²) >= 11 is 0. The number of hydrogen-bond donors (Lipinski definition) is 0. The molecule has 0 amide bonds. The van der Waals surface area contributed by atoms with Crippen molar-refractivity contribution >= 4 is 5.97 Å². The van der Waals surface area contributed by atoms with E-state index in [9.17, 15) is 4.79 Å². The van der Waals surface area contributed by atoms with Crippen molar-refractivity contribution in [3.8, 4) is 0 Å². The molecule has 1 aliphatic heterocycles. The van der Waals surface area contributed by atoms with Gasteiger partial charge in [-0.2, -0.15) is 0 Å². The number of fused-ring (bicyclic) bond motifs is 2. The summed E-state index contributed by atoms with van der Waals surface area (Å²) in [5.41, 5.74) is 0.434. The van der Waals surface area contributed by atoms with Crippen LogP contribution in [-0.2, 0) is 9.53 Å². The molecule has 1 saturated heterocycles. The van der Waals surface area contributed by atoms with E-state index in [1.165, 1.54) is 25.7 Å². The quantitative estimate of drug-likeness (QED) is 0.603. The third-order valence-corrected chi connectivity index (χ3v) is 5.94. The summed E-state index contributed by atoms with van der Waals surface area (Å²) in [7, 11) is 0. The van der Waals surface area contributed by atoms with E-state index in [1.54, 1.807) is 0 Å². The van der Waals surface area contributed by atoms with E-state index in [1.807, 2.05) is 0 Å². The molecule has 3 fully saturated rings. The summed E-state index contributed by atoms with van der Waals surface area (Å²) in [6.45, 7) is 6.90. The van der Waals surface area contributed by atoms with Gasteiger partial charge >= 0.3 is 5.97 Å². The van der Waals surface area contributed by atoms with E-state index in [-0.39, 0.29) is 18.0 Å². The van der Waals surface area contributed by atoms with Crippen LogP contribution in [0, 0.1) is 29.1 Å². The van der Waals surface area contributed by atoms with Gasteiger partial charge in [0, 0.05) is 5.92 Å². The van der Waals surface area contributed by atoms with Gasteiger partial charge in [-0.3, -0.25) is 4.79 Å².